The molecule has 0 amide bonds. The predicted molar refractivity (Wildman–Crippen MR) is 65.1 cm³/mol. The summed E-state index contributed by atoms with van der Waals surface area (Å²) in [6.45, 7) is 0.550. The molecule has 0 spiro atoms. The van der Waals surface area contributed by atoms with Gasteiger partial charge in [0, 0.05) is 25.4 Å². The lowest BCUT2D eigenvalue weighted by Gasteiger charge is -2.16. The Morgan fingerprint density at radius 3 is 2.88 bits per heavy atom. The van der Waals surface area contributed by atoms with Crippen LogP contribution in [0.15, 0.2) is 36.7 Å². The van der Waals surface area contributed by atoms with Crippen LogP contribution in [-0.4, -0.2) is 16.1 Å². The minimum atomic E-state index is -0.223. The van der Waals surface area contributed by atoms with Gasteiger partial charge in [-0.15, -0.1) is 0 Å². The smallest absolute Gasteiger partial charge is 0.123 e. The average molecular weight is 233 g/mol. The van der Waals surface area contributed by atoms with Crippen LogP contribution in [0.4, 0.5) is 4.39 Å². The van der Waals surface area contributed by atoms with Crippen LogP contribution in [0.2, 0.25) is 0 Å². The lowest BCUT2D eigenvalue weighted by molar-refractivity contribution is 0.611. The van der Waals surface area contributed by atoms with Gasteiger partial charge in [0.15, 0.2) is 0 Å². The van der Waals surface area contributed by atoms with Gasteiger partial charge in [-0.05, 0) is 30.7 Å². The summed E-state index contributed by atoms with van der Waals surface area (Å²) < 4.78 is 15.2. The topological polar surface area (TPSA) is 43.8 Å². The number of nitrogens with zero attached hydrogens (tertiary/aromatic N) is 2. The fraction of sp³-hybridized carbons (Fsp3) is 0.308. The van der Waals surface area contributed by atoms with E-state index in [1.54, 1.807) is 18.3 Å². The zero-order chi connectivity index (χ0) is 12.3. The van der Waals surface area contributed by atoms with E-state index >= 15 is 0 Å². The molecule has 0 fully saturated rings. The Morgan fingerprint density at radius 2 is 2.29 bits per heavy atom. The second-order valence-electron chi connectivity index (χ2n) is 4.08. The summed E-state index contributed by atoms with van der Waals surface area (Å²) in [5.41, 5.74) is 6.55. The van der Waals surface area contributed by atoms with E-state index in [-0.39, 0.29) is 11.7 Å². The normalized spacial score (nSPS) is 12.6. The van der Waals surface area contributed by atoms with E-state index in [0.29, 0.717) is 6.54 Å². The average Bonchev–Trinajstić information content (AvgIpc) is 2.72. The number of nitrogens with two attached hydrogens (primary N) is 1. The van der Waals surface area contributed by atoms with Gasteiger partial charge in [-0.3, -0.25) is 0 Å². The molecule has 1 aromatic heterocycles. The lowest BCUT2D eigenvalue weighted by atomic mass is 9.95. The van der Waals surface area contributed by atoms with Crippen molar-refractivity contribution in [2.75, 3.05) is 6.54 Å². The van der Waals surface area contributed by atoms with Crippen molar-refractivity contribution in [2.24, 2.45) is 12.8 Å². The van der Waals surface area contributed by atoms with Crippen LogP contribution in [0.5, 0.6) is 0 Å². The summed E-state index contributed by atoms with van der Waals surface area (Å²) in [5, 5.41) is 0. The number of halogens is 1. The van der Waals surface area contributed by atoms with Gasteiger partial charge in [0.05, 0.1) is 0 Å². The molecule has 17 heavy (non-hydrogen) atoms. The fourth-order valence-corrected chi connectivity index (χ4v) is 2.05. The summed E-state index contributed by atoms with van der Waals surface area (Å²) in [4.78, 5) is 4.33. The van der Waals surface area contributed by atoms with Crippen molar-refractivity contribution < 1.29 is 4.39 Å². The summed E-state index contributed by atoms with van der Waals surface area (Å²) in [6, 6.07) is 6.63. The molecule has 0 radical (unpaired) electrons. The number of hydrogen-bond acceptors (Lipinski definition) is 2. The molecule has 2 N–H and O–H groups in total. The van der Waals surface area contributed by atoms with Gasteiger partial charge in [0.1, 0.15) is 11.6 Å². The molecular weight excluding hydrogens is 217 g/mol. The Morgan fingerprint density at radius 1 is 1.47 bits per heavy atom. The van der Waals surface area contributed by atoms with Crippen LogP contribution in [0.25, 0.3) is 0 Å². The summed E-state index contributed by atoms with van der Waals surface area (Å²) in [6.07, 6.45) is 4.39. The standard InChI is InChI=1S/C13H16FN3/c1-17-8-7-16-13(17)12(5-6-15)10-3-2-4-11(14)9-10/h2-4,7-9,12H,5-6,15H2,1H3. The molecule has 1 heterocycles. The largest absolute Gasteiger partial charge is 0.337 e. The molecular formula is C13H16FN3. The third kappa shape index (κ3) is 2.53. The van der Waals surface area contributed by atoms with Gasteiger partial charge in [-0.2, -0.15) is 0 Å². The summed E-state index contributed by atoms with van der Waals surface area (Å²) >= 11 is 0. The minimum absolute atomic E-state index is 0.0516. The number of benzene rings is 1. The maximum Gasteiger partial charge on any atom is 0.123 e. The van der Waals surface area contributed by atoms with Crippen molar-refractivity contribution in [1.29, 1.82) is 0 Å². The van der Waals surface area contributed by atoms with Crippen LogP contribution in [-0.2, 0) is 7.05 Å². The van der Waals surface area contributed by atoms with Gasteiger partial charge in [0.25, 0.3) is 0 Å². The summed E-state index contributed by atoms with van der Waals surface area (Å²) in [5.74, 6) is 0.746. The van der Waals surface area contributed by atoms with E-state index in [4.69, 9.17) is 5.73 Å². The second-order valence-corrected chi connectivity index (χ2v) is 4.08. The molecule has 2 rings (SSSR count). The van der Waals surface area contributed by atoms with Crippen LogP contribution in [0.3, 0.4) is 0 Å². The van der Waals surface area contributed by atoms with Gasteiger partial charge in [-0.25, -0.2) is 9.37 Å². The minimum Gasteiger partial charge on any atom is -0.337 e. The van der Waals surface area contributed by atoms with Crippen molar-refractivity contribution in [3.8, 4) is 0 Å². The SMILES string of the molecule is Cn1ccnc1C(CCN)c1cccc(F)c1. The molecule has 0 aliphatic rings. The van der Waals surface area contributed by atoms with Gasteiger partial charge < -0.3 is 10.3 Å². The summed E-state index contributed by atoms with van der Waals surface area (Å²) in [7, 11) is 1.94. The van der Waals surface area contributed by atoms with Crippen LogP contribution < -0.4 is 5.73 Å². The Balaban J connectivity index is 2.39. The highest BCUT2D eigenvalue weighted by molar-refractivity contribution is 5.26. The number of hydrogen-bond donors (Lipinski definition) is 1. The zero-order valence-corrected chi connectivity index (χ0v) is 9.81. The second kappa shape index (κ2) is 5.10. The third-order valence-corrected chi connectivity index (χ3v) is 2.88. The number of imidazole rings is 1. The van der Waals surface area contributed by atoms with Gasteiger partial charge in [-0.1, -0.05) is 12.1 Å². The fourth-order valence-electron chi connectivity index (χ4n) is 2.05. The highest BCUT2D eigenvalue weighted by Crippen LogP contribution is 2.26. The molecule has 4 heteroatoms. The lowest BCUT2D eigenvalue weighted by Crippen LogP contribution is -2.13. The van der Waals surface area contributed by atoms with Crippen molar-refractivity contribution in [3.05, 3.63) is 53.9 Å². The van der Waals surface area contributed by atoms with Crippen molar-refractivity contribution in [3.63, 3.8) is 0 Å². The molecule has 90 valence electrons. The van der Waals surface area contributed by atoms with E-state index in [0.717, 1.165) is 17.8 Å². The molecule has 0 aliphatic heterocycles. The zero-order valence-electron chi connectivity index (χ0n) is 9.81. The highest BCUT2D eigenvalue weighted by atomic mass is 19.1. The first-order chi connectivity index (χ1) is 8.22. The third-order valence-electron chi connectivity index (χ3n) is 2.88. The number of aromatic nitrogens is 2. The van der Waals surface area contributed by atoms with Crippen molar-refractivity contribution >= 4 is 0 Å². The maximum atomic E-state index is 13.3. The first kappa shape index (κ1) is 11.8. The molecule has 1 unspecified atom stereocenters. The van der Waals surface area contributed by atoms with E-state index < -0.39 is 0 Å². The Bertz CT molecular complexity index is 493. The van der Waals surface area contributed by atoms with Crippen LogP contribution in [0, 0.1) is 5.82 Å². The molecule has 3 nitrogen and oxygen atoms in total. The van der Waals surface area contributed by atoms with E-state index in [2.05, 4.69) is 4.98 Å². The number of rotatable bonds is 4. The van der Waals surface area contributed by atoms with Crippen LogP contribution >= 0.6 is 0 Å². The Kier molecular flexibility index (Phi) is 3.54. The Hall–Kier alpha value is -1.68. The van der Waals surface area contributed by atoms with Gasteiger partial charge in [0.2, 0.25) is 0 Å². The van der Waals surface area contributed by atoms with Crippen molar-refractivity contribution in [1.82, 2.24) is 9.55 Å². The highest BCUT2D eigenvalue weighted by Gasteiger charge is 2.17. The molecule has 2 aromatic rings. The van der Waals surface area contributed by atoms with E-state index in [1.165, 1.54) is 6.07 Å². The molecule has 0 bridgehead atoms. The monoisotopic (exact) mass is 233 g/mol. The Labute approximate surface area is 100 Å². The molecule has 1 atom stereocenters. The van der Waals surface area contributed by atoms with Crippen LogP contribution in [0.1, 0.15) is 23.7 Å². The number of aryl methyl sites for hydroxylation is 1. The molecule has 1 aromatic carbocycles. The quantitative estimate of drug-likeness (QED) is 0.878. The van der Waals surface area contributed by atoms with E-state index in [1.807, 2.05) is 23.9 Å². The molecule has 0 saturated carbocycles. The molecule has 0 aliphatic carbocycles. The molecule has 0 saturated heterocycles. The predicted octanol–water partition coefficient (Wildman–Crippen LogP) is 2.04. The van der Waals surface area contributed by atoms with Gasteiger partial charge >= 0.3 is 0 Å². The van der Waals surface area contributed by atoms with Crippen molar-refractivity contribution in [2.45, 2.75) is 12.3 Å². The first-order valence-electron chi connectivity index (χ1n) is 5.65. The van der Waals surface area contributed by atoms with E-state index in [9.17, 15) is 4.39 Å². The first-order valence-corrected chi connectivity index (χ1v) is 5.65. The maximum absolute atomic E-state index is 13.3.